The Bertz CT molecular complexity index is 449. The molecule has 0 fully saturated rings. The summed E-state index contributed by atoms with van der Waals surface area (Å²) in [5.41, 5.74) is -0.959. The molecule has 0 aromatic carbocycles. The van der Waals surface area contributed by atoms with E-state index in [0.29, 0.717) is 46.1 Å². The molecule has 0 atom stereocenters. The first-order chi connectivity index (χ1) is 14.4. The minimum atomic E-state index is -0.483. The maximum Gasteiger partial charge on any atom is 0.407 e. The van der Waals surface area contributed by atoms with Crippen molar-refractivity contribution < 1.29 is 43.5 Å². The molecule has 0 heterocycles. The zero-order chi connectivity index (χ0) is 24.2. The number of amides is 2. The standard InChI is InChI=1S/C11H23NO5.C9H19NO4/c1-11(2,3)17-10(14)12-4-6-15-8-9-16-7-5-13;1-9(2,3)14-8(12)10-4-6-13-7-5-11/h13H,4-9H2,1-3H3,(H,12,14);11H,4-7H2,1-3H3,(H,10,12). The van der Waals surface area contributed by atoms with Crippen LogP contribution in [0.15, 0.2) is 0 Å². The van der Waals surface area contributed by atoms with Crippen LogP contribution in [0.3, 0.4) is 0 Å². The summed E-state index contributed by atoms with van der Waals surface area (Å²) in [6.45, 7) is 13.9. The van der Waals surface area contributed by atoms with Gasteiger partial charge in [-0.3, -0.25) is 0 Å². The topological polar surface area (TPSA) is 145 Å². The summed E-state index contributed by atoms with van der Waals surface area (Å²) >= 11 is 0. The summed E-state index contributed by atoms with van der Waals surface area (Å²) in [7, 11) is 0. The molecule has 186 valence electrons. The van der Waals surface area contributed by atoms with Crippen LogP contribution in [-0.2, 0) is 23.7 Å². The van der Waals surface area contributed by atoms with Crippen molar-refractivity contribution >= 4 is 12.2 Å². The molecular formula is C20H42N2O9. The predicted molar refractivity (Wildman–Crippen MR) is 115 cm³/mol. The molecule has 0 aliphatic heterocycles. The van der Waals surface area contributed by atoms with Gasteiger partial charge < -0.3 is 44.5 Å². The second-order valence-electron chi connectivity index (χ2n) is 8.14. The first-order valence-electron chi connectivity index (χ1n) is 10.3. The van der Waals surface area contributed by atoms with Crippen LogP contribution in [0.5, 0.6) is 0 Å². The highest BCUT2D eigenvalue weighted by atomic mass is 16.6. The average molecular weight is 455 g/mol. The largest absolute Gasteiger partial charge is 0.444 e. The van der Waals surface area contributed by atoms with Crippen molar-refractivity contribution in [3.63, 3.8) is 0 Å². The molecule has 0 spiro atoms. The lowest BCUT2D eigenvalue weighted by Gasteiger charge is -2.19. The van der Waals surface area contributed by atoms with E-state index < -0.39 is 23.4 Å². The van der Waals surface area contributed by atoms with E-state index in [-0.39, 0.29) is 19.8 Å². The minimum Gasteiger partial charge on any atom is -0.444 e. The number of rotatable bonds is 13. The Balaban J connectivity index is 0. The number of hydrogen-bond acceptors (Lipinski definition) is 9. The SMILES string of the molecule is CC(C)(C)OC(=O)NCCOCCO.CC(C)(C)OC(=O)NCCOCCOCCO. The molecular weight excluding hydrogens is 412 g/mol. The summed E-state index contributed by atoms with van der Waals surface area (Å²) < 4.78 is 25.1. The highest BCUT2D eigenvalue weighted by molar-refractivity contribution is 5.67. The minimum absolute atomic E-state index is 0.00750. The molecule has 0 aliphatic carbocycles. The van der Waals surface area contributed by atoms with Crippen LogP contribution >= 0.6 is 0 Å². The highest BCUT2D eigenvalue weighted by Gasteiger charge is 2.16. The first-order valence-corrected chi connectivity index (χ1v) is 10.3. The molecule has 0 aromatic heterocycles. The third-order valence-corrected chi connectivity index (χ3v) is 2.67. The van der Waals surface area contributed by atoms with Crippen LogP contribution in [0.4, 0.5) is 9.59 Å². The van der Waals surface area contributed by atoms with Gasteiger partial charge in [0.05, 0.1) is 52.9 Å². The van der Waals surface area contributed by atoms with Crippen LogP contribution in [0.1, 0.15) is 41.5 Å². The second kappa shape index (κ2) is 19.1. The second-order valence-corrected chi connectivity index (χ2v) is 8.14. The van der Waals surface area contributed by atoms with Gasteiger partial charge in [0.15, 0.2) is 0 Å². The molecule has 0 radical (unpaired) electrons. The van der Waals surface area contributed by atoms with Crippen molar-refractivity contribution in [2.24, 2.45) is 0 Å². The smallest absolute Gasteiger partial charge is 0.407 e. The predicted octanol–water partition coefficient (Wildman–Crippen LogP) is 1.06. The molecule has 31 heavy (non-hydrogen) atoms. The molecule has 0 unspecified atom stereocenters. The van der Waals surface area contributed by atoms with E-state index in [4.69, 9.17) is 33.9 Å². The van der Waals surface area contributed by atoms with Crippen molar-refractivity contribution in [2.45, 2.75) is 52.7 Å². The Labute approximate surface area is 185 Å². The van der Waals surface area contributed by atoms with Crippen LogP contribution in [0.2, 0.25) is 0 Å². The van der Waals surface area contributed by atoms with E-state index in [1.54, 1.807) is 20.8 Å². The van der Waals surface area contributed by atoms with Crippen molar-refractivity contribution in [3.05, 3.63) is 0 Å². The summed E-state index contributed by atoms with van der Waals surface area (Å²) in [6, 6.07) is 0. The molecule has 0 bridgehead atoms. The first kappa shape index (κ1) is 31.5. The van der Waals surface area contributed by atoms with Gasteiger partial charge >= 0.3 is 12.2 Å². The van der Waals surface area contributed by atoms with E-state index in [1.165, 1.54) is 0 Å². The molecule has 2 amide bonds. The highest BCUT2D eigenvalue weighted by Crippen LogP contribution is 2.06. The van der Waals surface area contributed by atoms with E-state index >= 15 is 0 Å². The number of nitrogens with one attached hydrogen (secondary N) is 2. The zero-order valence-corrected chi connectivity index (χ0v) is 19.8. The van der Waals surface area contributed by atoms with E-state index in [9.17, 15) is 9.59 Å². The van der Waals surface area contributed by atoms with Crippen molar-refractivity contribution in [1.82, 2.24) is 10.6 Å². The molecule has 0 rings (SSSR count). The van der Waals surface area contributed by atoms with Gasteiger partial charge in [-0.15, -0.1) is 0 Å². The van der Waals surface area contributed by atoms with Gasteiger partial charge in [-0.1, -0.05) is 0 Å². The Hall–Kier alpha value is -1.66. The molecule has 0 saturated carbocycles. The van der Waals surface area contributed by atoms with Gasteiger partial charge in [-0.25, -0.2) is 9.59 Å². The number of aliphatic hydroxyl groups excluding tert-OH is 2. The molecule has 11 nitrogen and oxygen atoms in total. The third-order valence-electron chi connectivity index (χ3n) is 2.67. The van der Waals surface area contributed by atoms with Gasteiger partial charge in [0.1, 0.15) is 11.2 Å². The Morgan fingerprint density at radius 1 is 0.613 bits per heavy atom. The summed E-state index contributed by atoms with van der Waals surface area (Å²) in [4.78, 5) is 22.2. The fourth-order valence-corrected chi connectivity index (χ4v) is 1.63. The molecule has 0 saturated heterocycles. The van der Waals surface area contributed by atoms with Gasteiger partial charge in [0.2, 0.25) is 0 Å². The lowest BCUT2D eigenvalue weighted by atomic mass is 10.2. The Morgan fingerprint density at radius 3 is 1.26 bits per heavy atom. The number of ether oxygens (including phenoxy) is 5. The number of aliphatic hydroxyl groups is 2. The fourth-order valence-electron chi connectivity index (χ4n) is 1.63. The van der Waals surface area contributed by atoms with E-state index in [1.807, 2.05) is 20.8 Å². The lowest BCUT2D eigenvalue weighted by Crippen LogP contribution is -2.34. The molecule has 11 heteroatoms. The van der Waals surface area contributed by atoms with Crippen LogP contribution < -0.4 is 10.6 Å². The quantitative estimate of drug-likeness (QED) is 0.300. The number of carbonyl (C=O) groups is 2. The zero-order valence-electron chi connectivity index (χ0n) is 19.8. The van der Waals surface area contributed by atoms with Gasteiger partial charge in [-0.2, -0.15) is 0 Å². The number of carbonyl (C=O) groups excluding carboxylic acids is 2. The molecule has 4 N–H and O–H groups in total. The van der Waals surface area contributed by atoms with Crippen molar-refractivity contribution in [2.75, 3.05) is 65.9 Å². The van der Waals surface area contributed by atoms with Crippen molar-refractivity contribution in [1.29, 1.82) is 0 Å². The summed E-state index contributed by atoms with van der Waals surface area (Å²) in [6.07, 6.45) is -0.900. The monoisotopic (exact) mass is 454 g/mol. The molecule has 0 aromatic rings. The van der Waals surface area contributed by atoms with Gasteiger partial charge in [0.25, 0.3) is 0 Å². The Morgan fingerprint density at radius 2 is 0.935 bits per heavy atom. The van der Waals surface area contributed by atoms with Crippen molar-refractivity contribution in [3.8, 4) is 0 Å². The maximum absolute atomic E-state index is 11.2. The van der Waals surface area contributed by atoms with E-state index in [2.05, 4.69) is 10.6 Å². The molecule has 0 aliphatic rings. The maximum atomic E-state index is 11.2. The van der Waals surface area contributed by atoms with Crippen LogP contribution in [-0.4, -0.2) is 99.5 Å². The van der Waals surface area contributed by atoms with Gasteiger partial charge in [0, 0.05) is 13.1 Å². The summed E-state index contributed by atoms with van der Waals surface area (Å²) in [5, 5.41) is 21.9. The fraction of sp³-hybridized carbons (Fsp3) is 0.900. The average Bonchev–Trinajstić information content (AvgIpc) is 2.61. The number of alkyl carbamates (subject to hydrolysis) is 2. The van der Waals surface area contributed by atoms with Crippen LogP contribution in [0.25, 0.3) is 0 Å². The van der Waals surface area contributed by atoms with Gasteiger partial charge in [-0.05, 0) is 41.5 Å². The van der Waals surface area contributed by atoms with Crippen LogP contribution in [0, 0.1) is 0 Å². The number of hydrogen-bond donors (Lipinski definition) is 4. The third kappa shape index (κ3) is 30.6. The van der Waals surface area contributed by atoms with E-state index in [0.717, 1.165) is 0 Å². The Kier molecular flexibility index (Phi) is 19.4. The lowest BCUT2D eigenvalue weighted by molar-refractivity contribution is 0.0303. The summed E-state index contributed by atoms with van der Waals surface area (Å²) in [5.74, 6) is 0. The normalized spacial score (nSPS) is 11.2.